The molecule has 0 aliphatic heterocycles. The van der Waals surface area contributed by atoms with E-state index in [1.165, 1.54) is 0 Å². The van der Waals surface area contributed by atoms with E-state index in [1.54, 1.807) is 12.1 Å². The molecule has 98 valence electrons. The first kappa shape index (κ1) is 13.0. The molecule has 0 aliphatic rings. The zero-order valence-electron chi connectivity index (χ0n) is 11.0. The van der Waals surface area contributed by atoms with Crippen molar-refractivity contribution >= 4 is 17.5 Å². The maximum atomic E-state index is 11.7. The van der Waals surface area contributed by atoms with E-state index in [2.05, 4.69) is 5.32 Å². The molecule has 2 rings (SSSR count). The van der Waals surface area contributed by atoms with Gasteiger partial charge in [-0.25, -0.2) is 4.79 Å². The topological polar surface area (TPSA) is 41.6 Å². The Balaban J connectivity index is 2.01. The van der Waals surface area contributed by atoms with Crippen LogP contribution in [0.2, 0.25) is 0 Å². The second-order valence-corrected chi connectivity index (χ2v) is 4.27. The lowest BCUT2D eigenvalue weighted by atomic mass is 10.2. The largest absolute Gasteiger partial charge is 0.417 e. The van der Waals surface area contributed by atoms with Crippen molar-refractivity contribution in [2.45, 2.75) is 0 Å². The maximum Gasteiger partial charge on any atom is 0.417 e. The van der Waals surface area contributed by atoms with Crippen LogP contribution in [0.1, 0.15) is 0 Å². The van der Waals surface area contributed by atoms with E-state index in [1.807, 2.05) is 61.5 Å². The number of para-hydroxylation sites is 1. The van der Waals surface area contributed by atoms with Gasteiger partial charge in [-0.15, -0.1) is 0 Å². The number of nitrogens with zero attached hydrogens (tertiary/aromatic N) is 1. The maximum absolute atomic E-state index is 11.7. The lowest BCUT2D eigenvalue weighted by molar-refractivity contribution is 0.215. The third kappa shape index (κ3) is 3.74. The van der Waals surface area contributed by atoms with Crippen LogP contribution in [0.5, 0.6) is 5.75 Å². The molecular formula is C15H16N2O2. The zero-order chi connectivity index (χ0) is 13.7. The Morgan fingerprint density at radius 3 is 2.47 bits per heavy atom. The van der Waals surface area contributed by atoms with Crippen LogP contribution in [0.4, 0.5) is 16.2 Å². The number of carbonyl (C=O) groups is 1. The summed E-state index contributed by atoms with van der Waals surface area (Å²) in [6.45, 7) is 0. The van der Waals surface area contributed by atoms with Crippen LogP contribution >= 0.6 is 0 Å². The SMILES string of the molecule is CN(C)c1cccc(NC(=O)Oc2ccccc2)c1. The molecule has 0 saturated carbocycles. The number of anilines is 2. The van der Waals surface area contributed by atoms with Crippen molar-refractivity contribution < 1.29 is 9.53 Å². The molecule has 4 nitrogen and oxygen atoms in total. The predicted octanol–water partition coefficient (Wildman–Crippen LogP) is 3.36. The average molecular weight is 256 g/mol. The van der Waals surface area contributed by atoms with Crippen molar-refractivity contribution in [1.82, 2.24) is 0 Å². The minimum Gasteiger partial charge on any atom is -0.410 e. The van der Waals surface area contributed by atoms with Gasteiger partial charge in [0.05, 0.1) is 0 Å². The van der Waals surface area contributed by atoms with Gasteiger partial charge in [0.2, 0.25) is 0 Å². The molecule has 0 unspecified atom stereocenters. The van der Waals surface area contributed by atoms with Gasteiger partial charge in [-0.1, -0.05) is 24.3 Å². The molecule has 19 heavy (non-hydrogen) atoms. The van der Waals surface area contributed by atoms with Crippen LogP contribution in [0, 0.1) is 0 Å². The van der Waals surface area contributed by atoms with Crippen LogP contribution in [0.25, 0.3) is 0 Å². The lowest BCUT2D eigenvalue weighted by Gasteiger charge is -2.14. The Morgan fingerprint density at radius 1 is 1.05 bits per heavy atom. The summed E-state index contributed by atoms with van der Waals surface area (Å²) in [5, 5.41) is 2.70. The van der Waals surface area contributed by atoms with Crippen molar-refractivity contribution in [1.29, 1.82) is 0 Å². The minimum absolute atomic E-state index is 0.498. The molecule has 2 aromatic carbocycles. The third-order valence-corrected chi connectivity index (χ3v) is 2.56. The molecule has 2 aromatic rings. The van der Waals surface area contributed by atoms with Gasteiger partial charge in [-0.3, -0.25) is 5.32 Å². The predicted molar refractivity (Wildman–Crippen MR) is 76.9 cm³/mol. The summed E-state index contributed by atoms with van der Waals surface area (Å²) < 4.78 is 5.15. The summed E-state index contributed by atoms with van der Waals surface area (Å²) in [5.74, 6) is 0.517. The molecule has 1 N–H and O–H groups in total. The van der Waals surface area contributed by atoms with Gasteiger partial charge in [0.1, 0.15) is 5.75 Å². The van der Waals surface area contributed by atoms with Crippen LogP contribution in [-0.4, -0.2) is 20.2 Å². The fourth-order valence-corrected chi connectivity index (χ4v) is 1.60. The van der Waals surface area contributed by atoms with Crippen LogP contribution in [0.15, 0.2) is 54.6 Å². The molecule has 0 spiro atoms. The second kappa shape index (κ2) is 5.91. The second-order valence-electron chi connectivity index (χ2n) is 4.27. The molecule has 4 heteroatoms. The monoisotopic (exact) mass is 256 g/mol. The molecule has 0 fully saturated rings. The minimum atomic E-state index is -0.498. The molecular weight excluding hydrogens is 240 g/mol. The van der Waals surface area contributed by atoms with Crippen molar-refractivity contribution in [2.24, 2.45) is 0 Å². The van der Waals surface area contributed by atoms with E-state index < -0.39 is 6.09 Å². The zero-order valence-corrected chi connectivity index (χ0v) is 11.0. The normalized spacial score (nSPS) is 9.79. The molecule has 0 bridgehead atoms. The number of hydrogen-bond acceptors (Lipinski definition) is 3. The number of amides is 1. The molecule has 0 atom stereocenters. The highest BCUT2D eigenvalue weighted by molar-refractivity contribution is 5.87. The molecule has 0 aliphatic carbocycles. The van der Waals surface area contributed by atoms with E-state index in [4.69, 9.17) is 4.74 Å². The van der Waals surface area contributed by atoms with Gasteiger partial charge in [-0.05, 0) is 30.3 Å². The highest BCUT2D eigenvalue weighted by Gasteiger charge is 2.05. The summed E-state index contributed by atoms with van der Waals surface area (Å²) in [4.78, 5) is 13.7. The standard InChI is InChI=1S/C15H16N2O2/c1-17(2)13-8-6-7-12(11-13)16-15(18)19-14-9-4-3-5-10-14/h3-11H,1-2H3,(H,16,18). The van der Waals surface area contributed by atoms with Crippen LogP contribution in [-0.2, 0) is 0 Å². The van der Waals surface area contributed by atoms with Crippen molar-refractivity contribution in [2.75, 3.05) is 24.3 Å². The van der Waals surface area contributed by atoms with E-state index in [0.717, 1.165) is 5.69 Å². The van der Waals surface area contributed by atoms with Gasteiger partial charge in [0, 0.05) is 25.5 Å². The fourth-order valence-electron chi connectivity index (χ4n) is 1.60. The quantitative estimate of drug-likeness (QED) is 0.915. The van der Waals surface area contributed by atoms with Gasteiger partial charge >= 0.3 is 6.09 Å². The van der Waals surface area contributed by atoms with Gasteiger partial charge < -0.3 is 9.64 Å². The summed E-state index contributed by atoms with van der Waals surface area (Å²) >= 11 is 0. The smallest absolute Gasteiger partial charge is 0.410 e. The third-order valence-electron chi connectivity index (χ3n) is 2.56. The summed E-state index contributed by atoms with van der Waals surface area (Å²) in [6, 6.07) is 16.5. The Labute approximate surface area is 112 Å². The average Bonchev–Trinajstić information content (AvgIpc) is 2.40. The molecule has 1 amide bonds. The number of rotatable bonds is 3. The van der Waals surface area contributed by atoms with E-state index >= 15 is 0 Å². The number of nitrogens with one attached hydrogen (secondary N) is 1. The number of hydrogen-bond donors (Lipinski definition) is 1. The summed E-state index contributed by atoms with van der Waals surface area (Å²) in [5.41, 5.74) is 1.71. The highest BCUT2D eigenvalue weighted by atomic mass is 16.6. The Hall–Kier alpha value is -2.49. The molecule has 0 radical (unpaired) electrons. The van der Waals surface area contributed by atoms with Crippen LogP contribution in [0.3, 0.4) is 0 Å². The first-order valence-corrected chi connectivity index (χ1v) is 5.96. The van der Waals surface area contributed by atoms with Gasteiger partial charge in [0.15, 0.2) is 0 Å². The summed E-state index contributed by atoms with van der Waals surface area (Å²) in [7, 11) is 3.89. The molecule has 0 heterocycles. The van der Waals surface area contributed by atoms with E-state index in [9.17, 15) is 4.79 Å². The Bertz CT molecular complexity index is 553. The Morgan fingerprint density at radius 2 is 1.79 bits per heavy atom. The van der Waals surface area contributed by atoms with Gasteiger partial charge in [-0.2, -0.15) is 0 Å². The number of benzene rings is 2. The van der Waals surface area contributed by atoms with Crippen molar-refractivity contribution in [3.8, 4) is 5.75 Å². The lowest BCUT2D eigenvalue weighted by Crippen LogP contribution is -2.17. The van der Waals surface area contributed by atoms with Crippen molar-refractivity contribution in [3.05, 3.63) is 54.6 Å². The van der Waals surface area contributed by atoms with Crippen LogP contribution < -0.4 is 15.0 Å². The first-order valence-electron chi connectivity index (χ1n) is 5.96. The van der Waals surface area contributed by atoms with E-state index in [-0.39, 0.29) is 0 Å². The fraction of sp³-hybridized carbons (Fsp3) is 0.133. The van der Waals surface area contributed by atoms with Crippen molar-refractivity contribution in [3.63, 3.8) is 0 Å². The van der Waals surface area contributed by atoms with Gasteiger partial charge in [0.25, 0.3) is 0 Å². The molecule has 0 saturated heterocycles. The molecule has 0 aromatic heterocycles. The van der Waals surface area contributed by atoms with E-state index in [0.29, 0.717) is 11.4 Å². The first-order chi connectivity index (χ1) is 9.15. The number of ether oxygens (including phenoxy) is 1. The summed E-state index contributed by atoms with van der Waals surface area (Å²) in [6.07, 6.45) is -0.498. The number of carbonyl (C=O) groups excluding carboxylic acids is 1. The Kier molecular flexibility index (Phi) is 4.03. The highest BCUT2D eigenvalue weighted by Crippen LogP contribution is 2.18.